The third-order valence-electron chi connectivity index (χ3n) is 10.6. The van der Waals surface area contributed by atoms with Gasteiger partial charge in [-0.05, 0) is 61.5 Å². The third kappa shape index (κ3) is 3.39. The smallest absolute Gasteiger partial charge is 0.192 e. The van der Waals surface area contributed by atoms with Crippen molar-refractivity contribution in [3.05, 3.63) is 57.6 Å². The van der Waals surface area contributed by atoms with Gasteiger partial charge in [0.1, 0.15) is 12.8 Å². The van der Waals surface area contributed by atoms with Gasteiger partial charge in [0.2, 0.25) is 0 Å². The van der Waals surface area contributed by atoms with Crippen LogP contribution in [0.25, 0.3) is 0 Å². The second kappa shape index (κ2) is 8.91. The van der Waals surface area contributed by atoms with Crippen LogP contribution < -0.4 is 0 Å². The lowest BCUT2D eigenvalue weighted by Crippen LogP contribution is -2.70. The second-order valence-corrected chi connectivity index (χ2v) is 13.0. The Bertz CT molecular complexity index is 1320. The van der Waals surface area contributed by atoms with Crippen LogP contribution in [0.1, 0.15) is 38.7 Å². The molecule has 3 saturated carbocycles. The maximum atomic E-state index is 17.4. The average molecular weight is 582 g/mol. The predicted octanol–water partition coefficient (Wildman–Crippen LogP) is 4.59. The standard InChI is InChI=1S/C29H31Cl2F2NO5/c1-26-7-6-17(36)9-20(26)22(32)10-19-18-8-16-13-34(12-15-4-3-5-21(30)25(15)31)39-29(16,24(38)14-35)27(18,2)11-23(37)28(19,26)33/h3-7,9,16,18-19,22-23,35,37H,8,10-14H2,1-2H3/t16-,18-,19-,22-,23-,26-,27-,28-,29-/m0/s1. The SMILES string of the molecule is C[C@]12C=CC(=O)C=C1[C@@H](F)C[C@H]1[C@@H]3C[C@H]4CN(Cc5cccc(Cl)c5Cl)O[C@@]4(C(=O)CO)[C@@]3(C)C[C@H](O)[C@@]12F. The molecule has 0 unspecified atom stereocenters. The van der Waals surface area contributed by atoms with E-state index in [2.05, 4.69) is 0 Å². The van der Waals surface area contributed by atoms with Gasteiger partial charge in [0.05, 0.1) is 22.7 Å². The van der Waals surface area contributed by atoms with Crippen molar-refractivity contribution in [2.45, 2.75) is 63.2 Å². The lowest BCUT2D eigenvalue weighted by atomic mass is 9.44. The van der Waals surface area contributed by atoms with Crippen molar-refractivity contribution in [3.63, 3.8) is 0 Å². The summed E-state index contributed by atoms with van der Waals surface area (Å²) in [5.41, 5.74) is -5.62. The fourth-order valence-corrected chi connectivity index (χ4v) is 9.27. The highest BCUT2D eigenvalue weighted by Crippen LogP contribution is 2.72. The van der Waals surface area contributed by atoms with Crippen LogP contribution in [0.2, 0.25) is 10.0 Å². The number of carbonyl (C=O) groups is 2. The van der Waals surface area contributed by atoms with Crippen molar-refractivity contribution >= 4 is 34.8 Å². The first-order valence-corrected chi connectivity index (χ1v) is 14.1. The highest BCUT2D eigenvalue weighted by Gasteiger charge is 2.79. The Kier molecular flexibility index (Phi) is 6.28. The van der Waals surface area contributed by atoms with Crippen LogP contribution in [0.5, 0.6) is 0 Å². The van der Waals surface area contributed by atoms with Crippen LogP contribution in [0.15, 0.2) is 42.0 Å². The summed E-state index contributed by atoms with van der Waals surface area (Å²) in [6, 6.07) is 5.23. The van der Waals surface area contributed by atoms with Gasteiger partial charge in [-0.3, -0.25) is 14.4 Å². The van der Waals surface area contributed by atoms with Gasteiger partial charge in [-0.2, -0.15) is 5.06 Å². The summed E-state index contributed by atoms with van der Waals surface area (Å²) in [5, 5.41) is 24.0. The Hall–Kier alpha value is -1.68. The van der Waals surface area contributed by atoms with Gasteiger partial charge in [0, 0.05) is 29.2 Å². The molecule has 1 aromatic rings. The maximum Gasteiger partial charge on any atom is 0.192 e. The van der Waals surface area contributed by atoms with Gasteiger partial charge in [-0.25, -0.2) is 8.78 Å². The lowest BCUT2D eigenvalue weighted by molar-refractivity contribution is -0.269. The van der Waals surface area contributed by atoms with Crippen molar-refractivity contribution in [2.24, 2.45) is 28.6 Å². The summed E-state index contributed by atoms with van der Waals surface area (Å²) >= 11 is 12.6. The Morgan fingerprint density at radius 3 is 2.69 bits per heavy atom. The number of fused-ring (bicyclic) bond motifs is 7. The molecule has 1 heterocycles. The molecule has 6 nitrogen and oxygen atoms in total. The minimum absolute atomic E-state index is 0.0524. The minimum atomic E-state index is -2.25. The summed E-state index contributed by atoms with van der Waals surface area (Å²) in [7, 11) is 0. The molecule has 1 aromatic carbocycles. The van der Waals surface area contributed by atoms with E-state index in [0.717, 1.165) is 6.08 Å². The van der Waals surface area contributed by atoms with E-state index < -0.39 is 70.3 Å². The van der Waals surface area contributed by atoms with E-state index in [-0.39, 0.29) is 25.0 Å². The zero-order valence-corrected chi connectivity index (χ0v) is 23.2. The number of aliphatic hydroxyl groups excluding tert-OH is 2. The second-order valence-electron chi connectivity index (χ2n) is 12.2. The molecule has 1 saturated heterocycles. The van der Waals surface area contributed by atoms with Gasteiger partial charge < -0.3 is 10.2 Å². The first-order valence-electron chi connectivity index (χ1n) is 13.3. The Morgan fingerprint density at radius 1 is 1.23 bits per heavy atom. The number of ketones is 2. The summed E-state index contributed by atoms with van der Waals surface area (Å²) in [5.74, 6) is -2.82. The van der Waals surface area contributed by atoms with E-state index in [1.54, 1.807) is 37.1 Å². The molecule has 0 amide bonds. The molecule has 1 aliphatic heterocycles. The number of alkyl halides is 2. The summed E-state index contributed by atoms with van der Waals surface area (Å²) in [6.07, 6.45) is 0.675. The van der Waals surface area contributed by atoms with E-state index in [9.17, 15) is 19.8 Å². The molecule has 9 atom stereocenters. The quantitative estimate of drug-likeness (QED) is 0.541. The van der Waals surface area contributed by atoms with E-state index in [1.807, 2.05) is 0 Å². The number of nitrogens with zero attached hydrogens (tertiary/aromatic N) is 1. The summed E-state index contributed by atoms with van der Waals surface area (Å²) in [4.78, 5) is 32.1. The van der Waals surface area contributed by atoms with Gasteiger partial charge in [0.25, 0.3) is 0 Å². The molecule has 0 bridgehead atoms. The third-order valence-corrected chi connectivity index (χ3v) is 11.5. The fraction of sp³-hybridized carbons (Fsp3) is 0.586. The van der Waals surface area contributed by atoms with Crippen LogP contribution in [-0.4, -0.2) is 63.5 Å². The normalized spacial score (nSPS) is 44.9. The minimum Gasteiger partial charge on any atom is -0.390 e. The van der Waals surface area contributed by atoms with Crippen LogP contribution in [0, 0.1) is 28.6 Å². The van der Waals surface area contributed by atoms with Crippen molar-refractivity contribution in [2.75, 3.05) is 13.2 Å². The van der Waals surface area contributed by atoms with Crippen molar-refractivity contribution < 1.29 is 33.4 Å². The highest BCUT2D eigenvalue weighted by molar-refractivity contribution is 6.42. The number of halogens is 4. The van der Waals surface area contributed by atoms with Gasteiger partial charge in [-0.1, -0.05) is 48.3 Å². The van der Waals surface area contributed by atoms with E-state index in [4.69, 9.17) is 28.0 Å². The number of allylic oxidation sites excluding steroid dienone is 4. The monoisotopic (exact) mass is 581 g/mol. The Balaban J connectivity index is 1.40. The molecule has 10 heteroatoms. The van der Waals surface area contributed by atoms with Crippen molar-refractivity contribution in [1.29, 1.82) is 0 Å². The largest absolute Gasteiger partial charge is 0.390 e. The number of carbonyl (C=O) groups excluding carboxylic acids is 2. The number of hydrogen-bond donors (Lipinski definition) is 2. The summed E-state index contributed by atoms with van der Waals surface area (Å²) < 4.78 is 33.1. The first-order chi connectivity index (χ1) is 18.3. The number of benzene rings is 1. The van der Waals surface area contributed by atoms with E-state index in [1.165, 1.54) is 12.2 Å². The fourth-order valence-electron chi connectivity index (χ4n) is 8.89. The van der Waals surface area contributed by atoms with Crippen LogP contribution >= 0.6 is 23.2 Å². The topological polar surface area (TPSA) is 87.1 Å². The molecule has 210 valence electrons. The molecule has 5 aliphatic rings. The molecule has 6 rings (SSSR count). The van der Waals surface area contributed by atoms with Gasteiger partial charge in [0.15, 0.2) is 22.8 Å². The molecular weight excluding hydrogens is 551 g/mol. The van der Waals surface area contributed by atoms with Crippen molar-refractivity contribution in [1.82, 2.24) is 5.06 Å². The molecule has 39 heavy (non-hydrogen) atoms. The van der Waals surface area contributed by atoms with Crippen LogP contribution in [0.3, 0.4) is 0 Å². The molecule has 2 N–H and O–H groups in total. The van der Waals surface area contributed by atoms with E-state index >= 15 is 8.78 Å². The zero-order valence-electron chi connectivity index (χ0n) is 21.7. The number of hydrogen-bond acceptors (Lipinski definition) is 6. The van der Waals surface area contributed by atoms with E-state index in [0.29, 0.717) is 28.6 Å². The Labute approximate surface area is 235 Å². The Morgan fingerprint density at radius 2 is 1.97 bits per heavy atom. The van der Waals surface area contributed by atoms with Crippen LogP contribution in [-0.2, 0) is 21.0 Å². The van der Waals surface area contributed by atoms with Crippen molar-refractivity contribution in [3.8, 4) is 0 Å². The molecule has 4 fully saturated rings. The number of hydroxylamine groups is 2. The van der Waals surface area contributed by atoms with Crippen LogP contribution in [0.4, 0.5) is 8.78 Å². The van der Waals surface area contributed by atoms with Gasteiger partial charge >= 0.3 is 0 Å². The number of aliphatic hydroxyl groups is 2. The molecule has 4 aliphatic carbocycles. The number of Topliss-reactive ketones (excluding diaryl/α,β-unsaturated/α-hetero) is 1. The highest BCUT2D eigenvalue weighted by atomic mass is 35.5. The molecule has 0 aromatic heterocycles. The van der Waals surface area contributed by atoms with Gasteiger partial charge in [-0.15, -0.1) is 0 Å². The summed E-state index contributed by atoms with van der Waals surface area (Å²) in [6.45, 7) is 3.09. The molecule has 0 radical (unpaired) electrons. The number of rotatable bonds is 4. The predicted molar refractivity (Wildman–Crippen MR) is 140 cm³/mol. The average Bonchev–Trinajstić information content (AvgIpc) is 3.37. The zero-order chi connectivity index (χ0) is 28.1. The maximum absolute atomic E-state index is 17.4. The molecule has 0 spiro atoms. The lowest BCUT2D eigenvalue weighted by Gasteiger charge is -2.63. The molecular formula is C29H31Cl2F2NO5. The first kappa shape index (κ1) is 27.5.